The first-order chi connectivity index (χ1) is 8.10. The van der Waals surface area contributed by atoms with E-state index in [1.807, 2.05) is 0 Å². The van der Waals surface area contributed by atoms with Crippen molar-refractivity contribution in [2.24, 2.45) is 0 Å². The van der Waals surface area contributed by atoms with Crippen molar-refractivity contribution in [3.05, 3.63) is 23.8 Å². The Bertz CT molecular complexity index is 443. The lowest BCUT2D eigenvalue weighted by atomic mass is 10.1. The predicted octanol–water partition coefficient (Wildman–Crippen LogP) is 1.90. The van der Waals surface area contributed by atoms with Gasteiger partial charge in [-0.2, -0.15) is 0 Å². The van der Waals surface area contributed by atoms with Gasteiger partial charge < -0.3 is 15.2 Å². The first-order valence-electron chi connectivity index (χ1n) is 5.36. The van der Waals surface area contributed by atoms with Crippen molar-refractivity contribution in [1.82, 2.24) is 5.32 Å². The zero-order valence-corrected chi connectivity index (χ0v) is 10.3. The quantitative estimate of drug-likeness (QED) is 0.808. The van der Waals surface area contributed by atoms with E-state index in [4.69, 9.17) is 16.3 Å². The van der Waals surface area contributed by atoms with Crippen LogP contribution in [0.25, 0.3) is 0 Å². The molecule has 0 bridgehead atoms. The highest BCUT2D eigenvalue weighted by molar-refractivity contribution is 6.19. The van der Waals surface area contributed by atoms with Crippen molar-refractivity contribution < 1.29 is 14.6 Å². The van der Waals surface area contributed by atoms with E-state index < -0.39 is 0 Å². The van der Waals surface area contributed by atoms with Gasteiger partial charge >= 0.3 is 0 Å². The van der Waals surface area contributed by atoms with E-state index in [0.29, 0.717) is 11.6 Å². The molecule has 0 spiro atoms. The summed E-state index contributed by atoms with van der Waals surface area (Å²) < 4.78 is 5.01. The van der Waals surface area contributed by atoms with Gasteiger partial charge in [-0.05, 0) is 31.0 Å². The topological polar surface area (TPSA) is 58.6 Å². The minimum absolute atomic E-state index is 0.0614. The number of ether oxygens (including phenoxy) is 1. The molecule has 1 amide bonds. The number of phenolic OH excluding ortho intramolecular Hbond substituents is 1. The molecule has 5 heteroatoms. The van der Waals surface area contributed by atoms with Gasteiger partial charge in [-0.25, -0.2) is 0 Å². The number of alkyl halides is 1. The molecular weight excluding hydrogens is 242 g/mol. The van der Waals surface area contributed by atoms with E-state index >= 15 is 0 Å². The summed E-state index contributed by atoms with van der Waals surface area (Å²) in [4.78, 5) is 12.0. The summed E-state index contributed by atoms with van der Waals surface area (Å²) in [7, 11) is 1.51. The van der Waals surface area contributed by atoms with Crippen molar-refractivity contribution in [2.45, 2.75) is 18.4 Å². The molecule has 1 saturated carbocycles. The zero-order chi connectivity index (χ0) is 12.5. The van der Waals surface area contributed by atoms with Crippen LogP contribution < -0.4 is 10.1 Å². The van der Waals surface area contributed by atoms with Crippen LogP contribution in [0.5, 0.6) is 11.5 Å². The van der Waals surface area contributed by atoms with Gasteiger partial charge in [0.2, 0.25) is 0 Å². The fraction of sp³-hybridized carbons (Fsp3) is 0.417. The van der Waals surface area contributed by atoms with E-state index in [0.717, 1.165) is 12.8 Å². The number of methoxy groups -OCH3 is 1. The Morgan fingerprint density at radius 2 is 2.29 bits per heavy atom. The van der Waals surface area contributed by atoms with Crippen molar-refractivity contribution in [2.75, 3.05) is 13.0 Å². The molecule has 2 rings (SSSR count). The van der Waals surface area contributed by atoms with Gasteiger partial charge in [0.05, 0.1) is 18.2 Å². The van der Waals surface area contributed by atoms with Crippen LogP contribution in [0.3, 0.4) is 0 Å². The molecule has 1 fully saturated rings. The number of benzene rings is 1. The molecule has 4 nitrogen and oxygen atoms in total. The van der Waals surface area contributed by atoms with Crippen LogP contribution in [-0.4, -0.2) is 29.5 Å². The van der Waals surface area contributed by atoms with E-state index in [1.165, 1.54) is 19.2 Å². The minimum Gasteiger partial charge on any atom is -0.507 e. The predicted molar refractivity (Wildman–Crippen MR) is 64.8 cm³/mol. The molecular formula is C12H14ClNO3. The monoisotopic (exact) mass is 255 g/mol. The van der Waals surface area contributed by atoms with Gasteiger partial charge in [0, 0.05) is 5.88 Å². The maximum atomic E-state index is 12.0. The average molecular weight is 256 g/mol. The van der Waals surface area contributed by atoms with Crippen LogP contribution in [0.1, 0.15) is 23.2 Å². The molecule has 1 aromatic rings. The van der Waals surface area contributed by atoms with Gasteiger partial charge in [0.15, 0.2) is 0 Å². The summed E-state index contributed by atoms with van der Waals surface area (Å²) in [6.07, 6.45) is 1.76. The highest BCUT2D eigenvalue weighted by atomic mass is 35.5. The third-order valence-corrected chi connectivity index (χ3v) is 3.45. The lowest BCUT2D eigenvalue weighted by Gasteiger charge is -2.15. The second-order valence-electron chi connectivity index (χ2n) is 4.25. The second kappa shape index (κ2) is 4.45. The van der Waals surface area contributed by atoms with Crippen molar-refractivity contribution in [3.8, 4) is 11.5 Å². The summed E-state index contributed by atoms with van der Waals surface area (Å²) >= 11 is 5.78. The maximum Gasteiger partial charge on any atom is 0.255 e. The Labute approximate surface area is 105 Å². The summed E-state index contributed by atoms with van der Waals surface area (Å²) in [6.45, 7) is 0. The number of halogens is 1. The van der Waals surface area contributed by atoms with Gasteiger partial charge in [0.1, 0.15) is 11.5 Å². The van der Waals surface area contributed by atoms with Crippen LogP contribution in [0, 0.1) is 0 Å². The molecule has 17 heavy (non-hydrogen) atoms. The van der Waals surface area contributed by atoms with E-state index in [-0.39, 0.29) is 22.8 Å². The number of amides is 1. The number of aromatic hydroxyl groups is 1. The van der Waals surface area contributed by atoms with Crippen LogP contribution in [0.4, 0.5) is 0 Å². The largest absolute Gasteiger partial charge is 0.507 e. The summed E-state index contributed by atoms with van der Waals surface area (Å²) in [5.74, 6) is 0.542. The maximum absolute atomic E-state index is 12.0. The highest BCUT2D eigenvalue weighted by Gasteiger charge is 2.43. The number of carbonyl (C=O) groups excluding carboxylic acids is 1. The number of hydrogen-bond acceptors (Lipinski definition) is 3. The Kier molecular flexibility index (Phi) is 3.15. The average Bonchev–Trinajstić information content (AvgIpc) is 3.10. The van der Waals surface area contributed by atoms with Gasteiger partial charge in [0.25, 0.3) is 5.91 Å². The fourth-order valence-electron chi connectivity index (χ4n) is 1.58. The Balaban J connectivity index is 2.18. The molecule has 0 aliphatic heterocycles. The SMILES string of the molecule is COc1ccc(O)c(C(=O)NC2(CCl)CC2)c1. The second-order valence-corrected chi connectivity index (χ2v) is 4.52. The lowest BCUT2D eigenvalue weighted by molar-refractivity contribution is 0.0933. The van der Waals surface area contributed by atoms with Crippen LogP contribution >= 0.6 is 11.6 Å². The summed E-state index contributed by atoms with van der Waals surface area (Å²) in [5, 5.41) is 12.5. The molecule has 0 radical (unpaired) electrons. The first kappa shape index (κ1) is 12.0. The molecule has 1 aromatic carbocycles. The third-order valence-electron chi connectivity index (χ3n) is 2.94. The van der Waals surface area contributed by atoms with E-state index in [2.05, 4.69) is 5.32 Å². The van der Waals surface area contributed by atoms with Crippen LogP contribution in [0.2, 0.25) is 0 Å². The molecule has 0 aromatic heterocycles. The number of phenols is 1. The number of rotatable bonds is 4. The summed E-state index contributed by atoms with van der Waals surface area (Å²) in [6, 6.07) is 4.55. The zero-order valence-electron chi connectivity index (χ0n) is 9.50. The Morgan fingerprint density at radius 3 is 2.82 bits per heavy atom. The molecule has 92 valence electrons. The Hall–Kier alpha value is -1.42. The number of hydrogen-bond donors (Lipinski definition) is 2. The van der Waals surface area contributed by atoms with Gasteiger partial charge in [-0.3, -0.25) is 4.79 Å². The smallest absolute Gasteiger partial charge is 0.255 e. The van der Waals surface area contributed by atoms with Gasteiger partial charge in [-0.15, -0.1) is 11.6 Å². The van der Waals surface area contributed by atoms with Crippen molar-refractivity contribution in [3.63, 3.8) is 0 Å². The van der Waals surface area contributed by atoms with E-state index in [9.17, 15) is 9.90 Å². The van der Waals surface area contributed by atoms with Crippen LogP contribution in [-0.2, 0) is 0 Å². The number of carbonyl (C=O) groups is 1. The first-order valence-corrected chi connectivity index (χ1v) is 5.89. The van der Waals surface area contributed by atoms with Gasteiger partial charge in [-0.1, -0.05) is 0 Å². The summed E-state index contributed by atoms with van der Waals surface area (Å²) in [5.41, 5.74) is -0.0746. The third kappa shape index (κ3) is 2.47. The van der Waals surface area contributed by atoms with Crippen LogP contribution in [0.15, 0.2) is 18.2 Å². The normalized spacial score (nSPS) is 16.4. The highest BCUT2D eigenvalue weighted by Crippen LogP contribution is 2.37. The molecule has 0 atom stereocenters. The molecule has 1 aliphatic rings. The molecule has 2 N–H and O–H groups in total. The molecule has 0 heterocycles. The van der Waals surface area contributed by atoms with Crippen molar-refractivity contribution in [1.29, 1.82) is 0 Å². The molecule has 0 unspecified atom stereocenters. The Morgan fingerprint density at radius 1 is 1.59 bits per heavy atom. The lowest BCUT2D eigenvalue weighted by Crippen LogP contribution is -2.38. The minimum atomic E-state index is -0.320. The molecule has 0 saturated heterocycles. The fourth-order valence-corrected chi connectivity index (χ4v) is 1.91. The number of nitrogens with one attached hydrogen (secondary N) is 1. The standard InChI is InChI=1S/C12H14ClNO3/c1-17-8-2-3-10(15)9(6-8)11(16)14-12(7-13)4-5-12/h2-3,6,15H,4-5,7H2,1H3,(H,14,16). The molecule has 1 aliphatic carbocycles. The van der Waals surface area contributed by atoms with Crippen molar-refractivity contribution >= 4 is 17.5 Å². The van der Waals surface area contributed by atoms with E-state index in [1.54, 1.807) is 6.07 Å².